The zero-order valence-corrected chi connectivity index (χ0v) is 20.1. The first-order chi connectivity index (χ1) is 15.5. The van der Waals surface area contributed by atoms with Crippen molar-refractivity contribution in [2.24, 2.45) is 4.36 Å². The molecule has 1 N–H and O–H groups in total. The molecule has 0 aliphatic heterocycles. The molecule has 0 spiro atoms. The normalized spacial score (nSPS) is 12.6. The molecule has 170 valence electrons. The van der Waals surface area contributed by atoms with Gasteiger partial charge in [0.15, 0.2) is 5.13 Å². The van der Waals surface area contributed by atoms with E-state index in [2.05, 4.69) is 31.5 Å². The number of amides is 2. The van der Waals surface area contributed by atoms with Gasteiger partial charge in [-0.3, -0.25) is 15.1 Å². The third-order valence-electron chi connectivity index (χ3n) is 3.87. The fourth-order valence-corrected chi connectivity index (χ4v) is 4.32. The molecule has 2 heterocycles. The molecule has 0 bridgehead atoms. The fourth-order valence-electron chi connectivity index (χ4n) is 2.48. The average Bonchev–Trinajstić information content (AvgIpc) is 3.18. The monoisotopic (exact) mass is 482 g/mol. The molecule has 0 unspecified atom stereocenters. The maximum absolute atomic E-state index is 12.8. The summed E-state index contributed by atoms with van der Waals surface area (Å²) in [6.45, 7) is 5.31. The zero-order valence-electron chi connectivity index (χ0n) is 18.5. The van der Waals surface area contributed by atoms with Gasteiger partial charge in [-0.25, -0.2) is 14.0 Å². The number of hydrogen-bond donors (Lipinski definition) is 1. The van der Waals surface area contributed by atoms with E-state index in [1.165, 1.54) is 42.2 Å². The summed E-state index contributed by atoms with van der Waals surface area (Å²) in [6, 6.07) is 10.1. The second-order valence-electron chi connectivity index (χ2n) is 7.88. The molecule has 0 fully saturated rings. The minimum atomic E-state index is -2.88. The first kappa shape index (κ1) is 24.1. The molecule has 1 atom stereocenters. The van der Waals surface area contributed by atoms with Gasteiger partial charge >= 0.3 is 6.09 Å². The highest BCUT2D eigenvalue weighted by Gasteiger charge is 2.17. The average molecular weight is 483 g/mol. The van der Waals surface area contributed by atoms with Gasteiger partial charge < -0.3 is 4.74 Å². The van der Waals surface area contributed by atoms with Crippen molar-refractivity contribution < 1.29 is 18.5 Å². The van der Waals surface area contributed by atoms with E-state index >= 15 is 0 Å². The molecular weight excluding hydrogens is 460 g/mol. The number of nitrogens with one attached hydrogen (secondary N) is 1. The number of anilines is 1. The molecule has 8 nitrogen and oxygen atoms in total. The number of ether oxygens (including phenoxy) is 1. The van der Waals surface area contributed by atoms with Crippen molar-refractivity contribution in [1.29, 1.82) is 0 Å². The highest BCUT2D eigenvalue weighted by molar-refractivity contribution is 7.93. The number of carbonyl (C=O) groups excluding carboxylic acids is 2. The van der Waals surface area contributed by atoms with Crippen LogP contribution >= 0.6 is 11.3 Å². The van der Waals surface area contributed by atoms with Crippen molar-refractivity contribution in [2.75, 3.05) is 11.6 Å². The maximum Gasteiger partial charge on any atom is 0.413 e. The lowest BCUT2D eigenvalue weighted by Crippen LogP contribution is -2.27. The number of pyridine rings is 1. The molecule has 0 aliphatic rings. The largest absolute Gasteiger partial charge is 0.444 e. The number of benzene rings is 1. The predicted molar refractivity (Wildman–Crippen MR) is 128 cm³/mol. The molecule has 10 heteroatoms. The Hall–Kier alpha value is -3.55. The molecule has 0 saturated heterocycles. The Morgan fingerprint density at radius 3 is 2.55 bits per heavy atom. The van der Waals surface area contributed by atoms with Crippen LogP contribution in [0.5, 0.6) is 0 Å². The number of aromatic nitrogens is 2. The van der Waals surface area contributed by atoms with Crippen LogP contribution in [0.15, 0.2) is 64.2 Å². The third kappa shape index (κ3) is 7.24. The van der Waals surface area contributed by atoms with Crippen LogP contribution in [-0.2, 0) is 14.5 Å². The van der Waals surface area contributed by atoms with Crippen LogP contribution in [0.1, 0.15) is 41.6 Å². The van der Waals surface area contributed by atoms with E-state index in [0.29, 0.717) is 20.5 Å². The van der Waals surface area contributed by atoms with Crippen LogP contribution in [0.3, 0.4) is 0 Å². The summed E-state index contributed by atoms with van der Waals surface area (Å²) in [5.74, 6) is 5.19. The van der Waals surface area contributed by atoms with Crippen molar-refractivity contribution in [3.8, 4) is 11.8 Å². The minimum Gasteiger partial charge on any atom is -0.444 e. The quantitative estimate of drug-likeness (QED) is 0.547. The van der Waals surface area contributed by atoms with Gasteiger partial charge in [-0.15, -0.1) is 0 Å². The Morgan fingerprint density at radius 1 is 1.12 bits per heavy atom. The number of thiazole rings is 1. The van der Waals surface area contributed by atoms with Crippen LogP contribution in [0, 0.1) is 11.8 Å². The molecule has 0 radical (unpaired) electrons. The van der Waals surface area contributed by atoms with Gasteiger partial charge in [-0.1, -0.05) is 35.5 Å². The smallest absolute Gasteiger partial charge is 0.413 e. The summed E-state index contributed by atoms with van der Waals surface area (Å²) in [6.07, 6.45) is 5.20. The summed E-state index contributed by atoms with van der Waals surface area (Å²) in [4.78, 5) is 33.6. The van der Waals surface area contributed by atoms with Gasteiger partial charge in [0.2, 0.25) is 0 Å². The van der Waals surface area contributed by atoms with Crippen LogP contribution in [0.25, 0.3) is 0 Å². The Labute approximate surface area is 196 Å². The third-order valence-corrected chi connectivity index (χ3v) is 6.36. The van der Waals surface area contributed by atoms with E-state index < -0.39 is 27.3 Å². The first-order valence-corrected chi connectivity index (χ1v) is 12.5. The molecule has 3 rings (SSSR count). The van der Waals surface area contributed by atoms with Crippen molar-refractivity contribution >= 4 is 38.2 Å². The van der Waals surface area contributed by atoms with E-state index in [0.717, 1.165) is 0 Å². The van der Waals surface area contributed by atoms with E-state index in [-0.39, 0.29) is 5.56 Å². The number of rotatable bonds is 3. The molecule has 33 heavy (non-hydrogen) atoms. The van der Waals surface area contributed by atoms with Crippen LogP contribution in [0.4, 0.5) is 9.93 Å². The highest BCUT2D eigenvalue weighted by atomic mass is 32.2. The molecule has 2 amide bonds. The van der Waals surface area contributed by atoms with Gasteiger partial charge in [-0.2, -0.15) is 4.36 Å². The molecule has 3 aromatic rings. The van der Waals surface area contributed by atoms with E-state index in [4.69, 9.17) is 4.74 Å². The summed E-state index contributed by atoms with van der Waals surface area (Å²) in [7, 11) is -2.88. The van der Waals surface area contributed by atoms with Crippen LogP contribution in [0.2, 0.25) is 0 Å². The maximum atomic E-state index is 12.8. The van der Waals surface area contributed by atoms with E-state index in [9.17, 15) is 13.8 Å². The Balaban J connectivity index is 1.74. The topological polar surface area (TPSA) is 111 Å². The predicted octanol–water partition coefficient (Wildman–Crippen LogP) is 4.58. The number of nitrogens with zero attached hydrogens (tertiary/aromatic N) is 3. The lowest BCUT2D eigenvalue weighted by atomic mass is 10.2. The fraction of sp³-hybridized carbons (Fsp3) is 0.217. The molecule has 0 saturated carbocycles. The van der Waals surface area contributed by atoms with E-state index in [1.54, 1.807) is 51.1 Å². The lowest BCUT2D eigenvalue weighted by molar-refractivity contribution is 0.0635. The van der Waals surface area contributed by atoms with Gasteiger partial charge in [-0.05, 0) is 44.9 Å². The molecular formula is C23H22N4O4S2. The number of carbonyl (C=O) groups is 2. The second-order valence-corrected chi connectivity index (χ2v) is 11.2. The molecule has 0 aliphatic carbocycles. The van der Waals surface area contributed by atoms with Crippen molar-refractivity contribution in [2.45, 2.75) is 31.3 Å². The highest BCUT2D eigenvalue weighted by Crippen LogP contribution is 2.19. The summed E-state index contributed by atoms with van der Waals surface area (Å²) in [5, 5.41) is 2.91. The SMILES string of the molecule is CC(C)(C)OC(=O)Nc1ncc(C#Cc2cncc(C(=O)N=[S@@](C)(=O)c3ccccc3)c2)s1. The van der Waals surface area contributed by atoms with E-state index in [1.807, 2.05) is 0 Å². The van der Waals surface area contributed by atoms with Gasteiger partial charge in [0, 0.05) is 29.1 Å². The Kier molecular flexibility index (Phi) is 7.26. The van der Waals surface area contributed by atoms with Gasteiger partial charge in [0.25, 0.3) is 5.91 Å². The van der Waals surface area contributed by atoms with Crippen molar-refractivity contribution in [3.63, 3.8) is 0 Å². The summed E-state index contributed by atoms with van der Waals surface area (Å²) >= 11 is 1.18. The molecule has 2 aromatic heterocycles. The van der Waals surface area contributed by atoms with Crippen molar-refractivity contribution in [3.05, 3.63) is 71.0 Å². The first-order valence-electron chi connectivity index (χ1n) is 9.76. The second kappa shape index (κ2) is 9.94. The standard InChI is InChI=1S/C23H22N4O4S2/c1-23(2,3)31-22(29)26-21-25-15-18(32-21)11-10-16-12-17(14-24-13-16)20(28)27-33(4,30)19-8-6-5-7-9-19/h5-9,12-15H,1-4H3,(H,25,26,29)/t33-/m0/s1. The Morgan fingerprint density at radius 2 is 1.85 bits per heavy atom. The van der Waals surface area contributed by atoms with Crippen molar-refractivity contribution in [1.82, 2.24) is 9.97 Å². The van der Waals surface area contributed by atoms with Crippen LogP contribution < -0.4 is 5.32 Å². The summed E-state index contributed by atoms with van der Waals surface area (Å²) in [5.41, 5.74) is 0.0509. The van der Waals surface area contributed by atoms with Crippen LogP contribution in [-0.4, -0.2) is 38.0 Å². The number of hydrogen-bond acceptors (Lipinski definition) is 7. The molecule has 1 aromatic carbocycles. The zero-order chi connectivity index (χ0) is 24.1. The van der Waals surface area contributed by atoms with Gasteiger partial charge in [0.05, 0.1) is 26.4 Å². The van der Waals surface area contributed by atoms with Gasteiger partial charge in [0.1, 0.15) is 5.60 Å². The Bertz CT molecular complexity index is 1360. The minimum absolute atomic E-state index is 0.184. The summed E-state index contributed by atoms with van der Waals surface area (Å²) < 4.78 is 21.9. The lowest BCUT2D eigenvalue weighted by Gasteiger charge is -2.18.